The fourth-order valence-electron chi connectivity index (χ4n) is 1.34. The van der Waals surface area contributed by atoms with E-state index in [1.165, 1.54) is 19.3 Å². The first-order valence-corrected chi connectivity index (χ1v) is 5.53. The molecule has 3 N–H and O–H groups in total. The third-order valence-electron chi connectivity index (χ3n) is 2.69. The van der Waals surface area contributed by atoms with Gasteiger partial charge in [0.2, 0.25) is 5.91 Å². The van der Waals surface area contributed by atoms with Crippen LogP contribution in [0.3, 0.4) is 0 Å². The SMILES string of the molecule is O=C(NNC(=S)NC1CC1)C1CCC1. The van der Waals surface area contributed by atoms with E-state index in [0.29, 0.717) is 11.2 Å². The first-order valence-electron chi connectivity index (χ1n) is 5.12. The van der Waals surface area contributed by atoms with Crippen molar-refractivity contribution in [1.29, 1.82) is 0 Å². The summed E-state index contributed by atoms with van der Waals surface area (Å²) in [6.07, 6.45) is 5.55. The van der Waals surface area contributed by atoms with E-state index in [-0.39, 0.29) is 11.8 Å². The maximum absolute atomic E-state index is 11.4. The Hall–Kier alpha value is -0.840. The number of nitrogens with one attached hydrogen (secondary N) is 3. The zero-order valence-electron chi connectivity index (χ0n) is 8.01. The second kappa shape index (κ2) is 4.13. The van der Waals surface area contributed by atoms with Gasteiger partial charge in [0.05, 0.1) is 0 Å². The average Bonchev–Trinajstić information content (AvgIpc) is 2.81. The molecule has 2 fully saturated rings. The van der Waals surface area contributed by atoms with Crippen LogP contribution >= 0.6 is 12.2 Å². The van der Waals surface area contributed by atoms with Crippen LogP contribution in [-0.4, -0.2) is 17.1 Å². The summed E-state index contributed by atoms with van der Waals surface area (Å²) in [5.74, 6) is 0.266. The summed E-state index contributed by atoms with van der Waals surface area (Å²) in [5.41, 5.74) is 5.35. The van der Waals surface area contributed by atoms with Crippen LogP contribution in [0.5, 0.6) is 0 Å². The van der Waals surface area contributed by atoms with Crippen molar-refractivity contribution in [3.8, 4) is 0 Å². The summed E-state index contributed by atoms with van der Waals surface area (Å²) in [5, 5.41) is 3.62. The molecule has 14 heavy (non-hydrogen) atoms. The van der Waals surface area contributed by atoms with E-state index in [9.17, 15) is 4.79 Å². The molecule has 0 bridgehead atoms. The quantitative estimate of drug-likeness (QED) is 0.460. The zero-order valence-corrected chi connectivity index (χ0v) is 8.82. The van der Waals surface area contributed by atoms with Crippen molar-refractivity contribution >= 4 is 23.2 Å². The van der Waals surface area contributed by atoms with Gasteiger partial charge in [0.25, 0.3) is 0 Å². The second-order valence-corrected chi connectivity index (χ2v) is 4.40. The van der Waals surface area contributed by atoms with Crippen molar-refractivity contribution in [3.05, 3.63) is 0 Å². The molecule has 5 heteroatoms. The lowest BCUT2D eigenvalue weighted by atomic mass is 9.85. The summed E-state index contributed by atoms with van der Waals surface area (Å²) in [4.78, 5) is 11.4. The molecule has 0 aromatic heterocycles. The smallest absolute Gasteiger partial charge is 0.241 e. The Morgan fingerprint density at radius 3 is 2.36 bits per heavy atom. The Morgan fingerprint density at radius 2 is 1.86 bits per heavy atom. The first-order chi connectivity index (χ1) is 6.75. The summed E-state index contributed by atoms with van der Waals surface area (Å²) >= 11 is 4.99. The minimum absolute atomic E-state index is 0.0659. The van der Waals surface area contributed by atoms with E-state index >= 15 is 0 Å². The van der Waals surface area contributed by atoms with Gasteiger partial charge >= 0.3 is 0 Å². The highest BCUT2D eigenvalue weighted by molar-refractivity contribution is 7.80. The molecule has 2 saturated carbocycles. The van der Waals surface area contributed by atoms with Crippen LogP contribution in [0, 0.1) is 5.92 Å². The van der Waals surface area contributed by atoms with Gasteiger partial charge in [-0.15, -0.1) is 0 Å². The highest BCUT2D eigenvalue weighted by Gasteiger charge is 2.25. The molecular weight excluding hydrogens is 198 g/mol. The van der Waals surface area contributed by atoms with Crippen molar-refractivity contribution in [1.82, 2.24) is 16.2 Å². The van der Waals surface area contributed by atoms with Crippen LogP contribution < -0.4 is 16.2 Å². The minimum atomic E-state index is 0.0659. The van der Waals surface area contributed by atoms with Crippen LogP contribution in [0.4, 0.5) is 0 Å². The molecule has 2 aliphatic carbocycles. The van der Waals surface area contributed by atoms with Gasteiger partial charge in [-0.05, 0) is 37.9 Å². The Balaban J connectivity index is 1.60. The molecule has 0 spiro atoms. The van der Waals surface area contributed by atoms with Gasteiger partial charge < -0.3 is 5.32 Å². The van der Waals surface area contributed by atoms with Gasteiger partial charge in [0.1, 0.15) is 0 Å². The number of amides is 1. The number of rotatable bonds is 2. The second-order valence-electron chi connectivity index (χ2n) is 3.99. The van der Waals surface area contributed by atoms with Crippen LogP contribution in [-0.2, 0) is 4.79 Å². The largest absolute Gasteiger partial charge is 0.359 e. The predicted octanol–water partition coefficient (Wildman–Crippen LogP) is 0.444. The number of thiocarbonyl (C=S) groups is 1. The topological polar surface area (TPSA) is 53.2 Å². The van der Waals surface area contributed by atoms with Crippen molar-refractivity contribution < 1.29 is 4.79 Å². The van der Waals surface area contributed by atoms with Gasteiger partial charge in [-0.2, -0.15) is 0 Å². The highest BCUT2D eigenvalue weighted by Crippen LogP contribution is 2.25. The monoisotopic (exact) mass is 213 g/mol. The van der Waals surface area contributed by atoms with Crippen molar-refractivity contribution in [3.63, 3.8) is 0 Å². The molecule has 4 nitrogen and oxygen atoms in total. The molecule has 2 aliphatic rings. The molecule has 0 unspecified atom stereocenters. The van der Waals surface area contributed by atoms with Gasteiger partial charge in [0.15, 0.2) is 5.11 Å². The molecule has 78 valence electrons. The van der Waals surface area contributed by atoms with Crippen molar-refractivity contribution in [2.75, 3.05) is 0 Å². The third kappa shape index (κ3) is 2.57. The molecule has 2 rings (SSSR count). The molecule has 0 heterocycles. The van der Waals surface area contributed by atoms with E-state index in [1.807, 2.05) is 0 Å². The van der Waals surface area contributed by atoms with Crippen LogP contribution in [0.15, 0.2) is 0 Å². The Labute approximate surface area is 88.8 Å². The fourth-order valence-corrected chi connectivity index (χ4v) is 1.56. The average molecular weight is 213 g/mol. The lowest BCUT2D eigenvalue weighted by molar-refractivity contribution is -0.127. The number of hydrogen-bond acceptors (Lipinski definition) is 2. The summed E-state index contributed by atoms with van der Waals surface area (Å²) in [6.45, 7) is 0. The van der Waals surface area contributed by atoms with E-state index in [2.05, 4.69) is 16.2 Å². The van der Waals surface area contributed by atoms with E-state index in [4.69, 9.17) is 12.2 Å². The third-order valence-corrected chi connectivity index (χ3v) is 2.91. The molecule has 0 atom stereocenters. The summed E-state index contributed by atoms with van der Waals surface area (Å²) in [6, 6.07) is 0.524. The number of carbonyl (C=O) groups excluding carboxylic acids is 1. The number of hydrogen-bond donors (Lipinski definition) is 3. The van der Waals surface area contributed by atoms with E-state index < -0.39 is 0 Å². The zero-order chi connectivity index (χ0) is 9.97. The van der Waals surface area contributed by atoms with Gasteiger partial charge in [-0.3, -0.25) is 15.6 Å². The lowest BCUT2D eigenvalue weighted by Crippen LogP contribution is -2.50. The van der Waals surface area contributed by atoms with Gasteiger partial charge in [-0.1, -0.05) is 6.42 Å². The van der Waals surface area contributed by atoms with Crippen molar-refractivity contribution in [2.24, 2.45) is 5.92 Å². The van der Waals surface area contributed by atoms with E-state index in [0.717, 1.165) is 12.8 Å². The van der Waals surface area contributed by atoms with Crippen LogP contribution in [0.2, 0.25) is 0 Å². The van der Waals surface area contributed by atoms with Crippen LogP contribution in [0.1, 0.15) is 32.1 Å². The number of carbonyl (C=O) groups is 1. The normalized spacial score (nSPS) is 20.9. The molecular formula is C9H15N3OS. The molecule has 0 radical (unpaired) electrons. The maximum Gasteiger partial charge on any atom is 0.241 e. The summed E-state index contributed by atoms with van der Waals surface area (Å²) < 4.78 is 0. The Morgan fingerprint density at radius 1 is 1.14 bits per heavy atom. The molecule has 0 aromatic rings. The Kier molecular flexibility index (Phi) is 2.86. The standard InChI is InChI=1S/C9H15N3OS/c13-8(6-2-1-3-6)11-12-9(14)10-7-4-5-7/h6-7H,1-5H2,(H,11,13)(H2,10,12,14). The summed E-state index contributed by atoms with van der Waals surface area (Å²) in [7, 11) is 0. The number of hydrazine groups is 1. The Bertz CT molecular complexity index is 248. The lowest BCUT2D eigenvalue weighted by Gasteiger charge is -2.24. The molecule has 0 aliphatic heterocycles. The molecule has 0 saturated heterocycles. The van der Waals surface area contributed by atoms with Crippen molar-refractivity contribution in [2.45, 2.75) is 38.1 Å². The van der Waals surface area contributed by atoms with Crippen LogP contribution in [0.25, 0.3) is 0 Å². The maximum atomic E-state index is 11.4. The minimum Gasteiger partial charge on any atom is -0.359 e. The molecule has 1 amide bonds. The van der Waals surface area contributed by atoms with Gasteiger partial charge in [-0.25, -0.2) is 0 Å². The van der Waals surface area contributed by atoms with E-state index in [1.54, 1.807) is 0 Å². The predicted molar refractivity (Wildman–Crippen MR) is 57.4 cm³/mol. The van der Waals surface area contributed by atoms with Gasteiger partial charge in [0, 0.05) is 12.0 Å². The molecule has 0 aromatic carbocycles. The fraction of sp³-hybridized carbons (Fsp3) is 0.778. The first kappa shape index (κ1) is 9.71. The highest BCUT2D eigenvalue weighted by atomic mass is 32.1.